The van der Waals surface area contributed by atoms with Gasteiger partial charge in [0.2, 0.25) is 5.91 Å². The maximum Gasteiger partial charge on any atom is 0.247 e. The molecule has 0 radical (unpaired) electrons. The molecule has 1 fully saturated rings. The van der Waals surface area contributed by atoms with Crippen molar-refractivity contribution in [2.75, 3.05) is 11.9 Å². The molecule has 3 aromatic heterocycles. The van der Waals surface area contributed by atoms with Crippen molar-refractivity contribution in [3.05, 3.63) is 77.6 Å². The Balaban J connectivity index is 1.56. The summed E-state index contributed by atoms with van der Waals surface area (Å²) in [5.41, 5.74) is 2.69. The third kappa shape index (κ3) is 5.31. The Morgan fingerprint density at radius 2 is 2.00 bits per heavy atom. The van der Waals surface area contributed by atoms with E-state index in [9.17, 15) is 4.79 Å². The monoisotopic (exact) mass is 414 g/mol. The van der Waals surface area contributed by atoms with Crippen molar-refractivity contribution in [2.45, 2.75) is 39.2 Å². The van der Waals surface area contributed by atoms with E-state index in [1.54, 1.807) is 18.5 Å². The number of rotatable bonds is 5. The SMILES string of the molecule is Cc1cccc(Nc2cc([C@H]3CCCCN3C(=O)/C=C/c3cccnc3)nc(C)n2)n1. The Kier molecular flexibility index (Phi) is 6.31. The number of amides is 1. The second-order valence-electron chi connectivity index (χ2n) is 7.68. The number of hydrogen-bond donors (Lipinski definition) is 1. The lowest BCUT2D eigenvalue weighted by Crippen LogP contribution is -2.38. The van der Waals surface area contributed by atoms with Gasteiger partial charge in [0.05, 0.1) is 11.7 Å². The molecular weight excluding hydrogens is 388 g/mol. The highest BCUT2D eigenvalue weighted by Gasteiger charge is 2.28. The van der Waals surface area contributed by atoms with E-state index in [4.69, 9.17) is 0 Å². The van der Waals surface area contributed by atoms with Gasteiger partial charge >= 0.3 is 0 Å². The van der Waals surface area contributed by atoms with Gasteiger partial charge in [0.1, 0.15) is 17.5 Å². The van der Waals surface area contributed by atoms with Crippen LogP contribution in [0.5, 0.6) is 0 Å². The molecule has 0 saturated carbocycles. The molecule has 0 spiro atoms. The van der Waals surface area contributed by atoms with E-state index in [0.717, 1.165) is 42.0 Å². The van der Waals surface area contributed by atoms with Gasteiger partial charge in [0, 0.05) is 36.8 Å². The van der Waals surface area contributed by atoms with Crippen LogP contribution < -0.4 is 5.32 Å². The zero-order valence-electron chi connectivity index (χ0n) is 17.8. The number of carbonyl (C=O) groups is 1. The summed E-state index contributed by atoms with van der Waals surface area (Å²) in [4.78, 5) is 32.7. The molecule has 3 aromatic rings. The minimum absolute atomic E-state index is 0.0142. The topological polar surface area (TPSA) is 83.9 Å². The summed E-state index contributed by atoms with van der Waals surface area (Å²) >= 11 is 0. The lowest BCUT2D eigenvalue weighted by Gasteiger charge is -2.35. The number of nitrogens with zero attached hydrogens (tertiary/aromatic N) is 5. The molecule has 7 nitrogen and oxygen atoms in total. The van der Waals surface area contributed by atoms with Gasteiger partial charge in [-0.1, -0.05) is 12.1 Å². The lowest BCUT2D eigenvalue weighted by molar-refractivity contribution is -0.129. The quantitative estimate of drug-likeness (QED) is 0.623. The summed E-state index contributed by atoms with van der Waals surface area (Å²) in [5.74, 6) is 2.07. The van der Waals surface area contributed by atoms with Crippen molar-refractivity contribution in [3.8, 4) is 0 Å². The van der Waals surface area contributed by atoms with E-state index < -0.39 is 0 Å². The van der Waals surface area contributed by atoms with Gasteiger partial charge in [-0.2, -0.15) is 0 Å². The molecule has 1 atom stereocenters. The van der Waals surface area contributed by atoms with E-state index in [1.807, 2.05) is 61.2 Å². The van der Waals surface area contributed by atoms with Crippen molar-refractivity contribution in [1.82, 2.24) is 24.8 Å². The molecule has 0 aromatic carbocycles. The van der Waals surface area contributed by atoms with Gasteiger partial charge in [-0.3, -0.25) is 9.78 Å². The first-order valence-corrected chi connectivity index (χ1v) is 10.5. The highest BCUT2D eigenvalue weighted by atomic mass is 16.2. The molecule has 0 unspecified atom stereocenters. The summed E-state index contributed by atoms with van der Waals surface area (Å²) < 4.78 is 0. The molecule has 4 heterocycles. The molecule has 0 aliphatic carbocycles. The van der Waals surface area contributed by atoms with E-state index in [1.165, 1.54) is 0 Å². The summed E-state index contributed by atoms with van der Waals surface area (Å²) in [7, 11) is 0. The lowest BCUT2D eigenvalue weighted by atomic mass is 9.98. The van der Waals surface area contributed by atoms with Gasteiger partial charge in [0.15, 0.2) is 0 Å². The minimum Gasteiger partial charge on any atom is -0.331 e. The van der Waals surface area contributed by atoms with Crippen LogP contribution in [0.4, 0.5) is 11.6 Å². The largest absolute Gasteiger partial charge is 0.331 e. The van der Waals surface area contributed by atoms with E-state index in [2.05, 4.69) is 25.3 Å². The number of hydrogen-bond acceptors (Lipinski definition) is 6. The van der Waals surface area contributed by atoms with Crippen LogP contribution in [0.3, 0.4) is 0 Å². The molecule has 0 bridgehead atoms. The van der Waals surface area contributed by atoms with E-state index in [0.29, 0.717) is 18.2 Å². The minimum atomic E-state index is -0.0764. The van der Waals surface area contributed by atoms with Crippen LogP contribution in [-0.2, 0) is 4.79 Å². The van der Waals surface area contributed by atoms with Crippen LogP contribution >= 0.6 is 0 Å². The highest BCUT2D eigenvalue weighted by Crippen LogP contribution is 2.31. The van der Waals surface area contributed by atoms with E-state index in [-0.39, 0.29) is 11.9 Å². The average Bonchev–Trinajstić information content (AvgIpc) is 2.78. The standard InChI is InChI=1S/C24H26N6O/c1-17-7-5-10-22(26-17)29-23-15-20(27-18(2)28-23)21-9-3-4-14-30(21)24(31)12-11-19-8-6-13-25-16-19/h5-8,10-13,15-16,21H,3-4,9,14H2,1-2H3,(H,26,27,28,29)/b12-11+/t21-/m1/s1. The Labute approximate surface area is 182 Å². The molecule has 158 valence electrons. The second-order valence-corrected chi connectivity index (χ2v) is 7.68. The first-order chi connectivity index (χ1) is 15.1. The third-order valence-electron chi connectivity index (χ3n) is 5.23. The third-order valence-corrected chi connectivity index (χ3v) is 5.23. The van der Waals surface area contributed by atoms with Crippen molar-refractivity contribution in [3.63, 3.8) is 0 Å². The number of piperidine rings is 1. The summed E-state index contributed by atoms with van der Waals surface area (Å²) in [5, 5.41) is 3.27. The van der Waals surface area contributed by atoms with Crippen molar-refractivity contribution in [2.24, 2.45) is 0 Å². The van der Waals surface area contributed by atoms with Crippen LogP contribution in [0.2, 0.25) is 0 Å². The van der Waals surface area contributed by atoms with Crippen molar-refractivity contribution >= 4 is 23.6 Å². The van der Waals surface area contributed by atoms with Crippen LogP contribution in [0.1, 0.15) is 48.1 Å². The van der Waals surface area contributed by atoms with Crippen LogP contribution in [-0.4, -0.2) is 37.3 Å². The number of aromatic nitrogens is 4. The normalized spacial score (nSPS) is 16.5. The molecule has 1 N–H and O–H groups in total. The fourth-order valence-electron chi connectivity index (χ4n) is 3.81. The smallest absolute Gasteiger partial charge is 0.247 e. The molecule has 31 heavy (non-hydrogen) atoms. The Bertz CT molecular complexity index is 1080. The molecule has 1 aliphatic rings. The zero-order valence-corrected chi connectivity index (χ0v) is 17.8. The number of nitrogens with one attached hydrogen (secondary N) is 1. The first kappa shape index (κ1) is 20.7. The predicted molar refractivity (Wildman–Crippen MR) is 121 cm³/mol. The Morgan fingerprint density at radius 1 is 1.10 bits per heavy atom. The molecule has 1 saturated heterocycles. The van der Waals surface area contributed by atoms with Gasteiger partial charge in [0.25, 0.3) is 0 Å². The summed E-state index contributed by atoms with van der Waals surface area (Å²) in [6.07, 6.45) is 9.82. The van der Waals surface area contributed by atoms with Crippen LogP contribution in [0.25, 0.3) is 6.08 Å². The van der Waals surface area contributed by atoms with Crippen molar-refractivity contribution < 1.29 is 4.79 Å². The summed E-state index contributed by atoms with van der Waals surface area (Å²) in [6, 6.07) is 11.4. The predicted octanol–water partition coefficient (Wildman–Crippen LogP) is 4.39. The molecular formula is C24H26N6O. The van der Waals surface area contributed by atoms with Crippen molar-refractivity contribution in [1.29, 1.82) is 0 Å². The average molecular weight is 415 g/mol. The fourth-order valence-corrected chi connectivity index (χ4v) is 3.81. The zero-order chi connectivity index (χ0) is 21.6. The van der Waals surface area contributed by atoms with Gasteiger partial charge in [-0.25, -0.2) is 15.0 Å². The number of carbonyl (C=O) groups excluding carboxylic acids is 1. The highest BCUT2D eigenvalue weighted by molar-refractivity contribution is 5.92. The maximum absolute atomic E-state index is 13.0. The number of pyridine rings is 2. The van der Waals surface area contributed by atoms with Crippen LogP contribution in [0, 0.1) is 13.8 Å². The van der Waals surface area contributed by atoms with Gasteiger partial charge < -0.3 is 10.2 Å². The summed E-state index contributed by atoms with van der Waals surface area (Å²) in [6.45, 7) is 4.54. The number of likely N-dealkylation sites (tertiary alicyclic amines) is 1. The molecule has 4 rings (SSSR count). The van der Waals surface area contributed by atoms with Gasteiger partial charge in [-0.15, -0.1) is 0 Å². The number of aryl methyl sites for hydroxylation is 2. The molecule has 1 amide bonds. The van der Waals surface area contributed by atoms with E-state index >= 15 is 0 Å². The Hall–Kier alpha value is -3.61. The Morgan fingerprint density at radius 3 is 2.81 bits per heavy atom. The van der Waals surface area contributed by atoms with Crippen LogP contribution in [0.15, 0.2) is 54.9 Å². The second kappa shape index (κ2) is 9.47. The van der Waals surface area contributed by atoms with Gasteiger partial charge in [-0.05, 0) is 62.9 Å². The molecule has 7 heteroatoms. The number of anilines is 2. The maximum atomic E-state index is 13.0. The first-order valence-electron chi connectivity index (χ1n) is 10.5. The molecule has 1 aliphatic heterocycles. The fraction of sp³-hybridized carbons (Fsp3) is 0.292.